The predicted molar refractivity (Wildman–Crippen MR) is 113 cm³/mol. The van der Waals surface area contributed by atoms with Gasteiger partial charge in [0.2, 0.25) is 15.9 Å². The van der Waals surface area contributed by atoms with E-state index in [-0.39, 0.29) is 47.7 Å². The Hall–Kier alpha value is -1.86. The van der Waals surface area contributed by atoms with Crippen LogP contribution in [0.5, 0.6) is 0 Å². The number of thiophene rings is 1. The van der Waals surface area contributed by atoms with Crippen molar-refractivity contribution in [2.24, 2.45) is 0 Å². The number of carbonyl (C=O) groups excluding carboxylic acids is 1. The van der Waals surface area contributed by atoms with E-state index in [1.807, 2.05) is 0 Å². The second-order valence-electron chi connectivity index (χ2n) is 7.39. The number of amides is 1. The second-order valence-corrected chi connectivity index (χ2v) is 12.4. The van der Waals surface area contributed by atoms with Gasteiger partial charge in [0.25, 0.3) is 10.0 Å². The van der Waals surface area contributed by atoms with Crippen molar-refractivity contribution in [3.05, 3.63) is 47.6 Å². The molecule has 1 unspecified atom stereocenters. The summed E-state index contributed by atoms with van der Waals surface area (Å²) >= 11 is 1.15. The first-order valence-corrected chi connectivity index (χ1v) is 13.6. The van der Waals surface area contributed by atoms with Crippen LogP contribution in [-0.4, -0.2) is 75.0 Å². The molecule has 0 saturated carbocycles. The van der Waals surface area contributed by atoms with Crippen LogP contribution in [0.1, 0.15) is 12.8 Å². The topological polar surface area (TPSA) is 95.1 Å². The molecule has 2 aromatic rings. The fourth-order valence-electron chi connectivity index (χ4n) is 3.91. The fourth-order valence-corrected chi connectivity index (χ4v) is 8.13. The van der Waals surface area contributed by atoms with Gasteiger partial charge in [-0.3, -0.25) is 4.79 Å². The largest absolute Gasteiger partial charge is 0.339 e. The third-order valence-electron chi connectivity index (χ3n) is 5.55. The average Bonchev–Trinajstić information content (AvgIpc) is 3.46. The molecular formula is C19H22FN3O5S3. The number of benzene rings is 1. The molecule has 0 spiro atoms. The summed E-state index contributed by atoms with van der Waals surface area (Å²) in [6, 6.07) is 6.93. The highest BCUT2D eigenvalue weighted by Gasteiger charge is 2.42. The summed E-state index contributed by atoms with van der Waals surface area (Å²) in [6.45, 7) is 0.921. The molecule has 12 heteroatoms. The first kappa shape index (κ1) is 22.3. The van der Waals surface area contributed by atoms with Gasteiger partial charge in [-0.1, -0.05) is 6.07 Å². The van der Waals surface area contributed by atoms with Gasteiger partial charge in [0.05, 0.1) is 4.90 Å². The van der Waals surface area contributed by atoms with Crippen LogP contribution in [-0.2, 0) is 24.8 Å². The highest BCUT2D eigenvalue weighted by Crippen LogP contribution is 2.28. The van der Waals surface area contributed by atoms with Crippen molar-refractivity contribution in [3.8, 4) is 0 Å². The molecule has 2 aliphatic rings. The van der Waals surface area contributed by atoms with E-state index in [0.29, 0.717) is 12.8 Å². The molecule has 8 nitrogen and oxygen atoms in total. The molecule has 1 aromatic carbocycles. The van der Waals surface area contributed by atoms with Crippen LogP contribution in [0.4, 0.5) is 4.39 Å². The summed E-state index contributed by atoms with van der Waals surface area (Å²) in [5.74, 6) is -0.861. The highest BCUT2D eigenvalue weighted by atomic mass is 32.2. The number of hydrogen-bond donors (Lipinski definition) is 0. The Morgan fingerprint density at radius 3 is 2.23 bits per heavy atom. The van der Waals surface area contributed by atoms with Crippen molar-refractivity contribution in [1.29, 1.82) is 0 Å². The lowest BCUT2D eigenvalue weighted by atomic mass is 10.2. The van der Waals surface area contributed by atoms with E-state index in [0.717, 1.165) is 23.5 Å². The molecule has 31 heavy (non-hydrogen) atoms. The maximum Gasteiger partial charge on any atom is 0.252 e. The zero-order valence-electron chi connectivity index (χ0n) is 16.6. The SMILES string of the molecule is O=C(C1CCCN1S(=O)(=O)c1ccc(F)cc1)N1CCN(S(=O)(=O)c2cccs2)CC1. The van der Waals surface area contributed by atoms with E-state index in [1.54, 1.807) is 17.5 Å². The van der Waals surface area contributed by atoms with Crippen molar-refractivity contribution in [3.63, 3.8) is 0 Å². The summed E-state index contributed by atoms with van der Waals surface area (Å²) in [5, 5.41) is 1.70. The molecule has 4 rings (SSSR count). The van der Waals surface area contributed by atoms with E-state index in [4.69, 9.17) is 0 Å². The van der Waals surface area contributed by atoms with Gasteiger partial charge < -0.3 is 4.90 Å². The zero-order chi connectivity index (χ0) is 22.2. The summed E-state index contributed by atoms with van der Waals surface area (Å²) in [7, 11) is -7.52. The number of sulfonamides is 2. The minimum Gasteiger partial charge on any atom is -0.339 e. The third-order valence-corrected chi connectivity index (χ3v) is 10.7. The molecule has 1 amide bonds. The van der Waals surface area contributed by atoms with Gasteiger partial charge in [0.1, 0.15) is 16.1 Å². The van der Waals surface area contributed by atoms with Crippen LogP contribution >= 0.6 is 11.3 Å². The normalized spacial score (nSPS) is 21.5. The summed E-state index contributed by atoms with van der Waals surface area (Å²) < 4.78 is 67.3. The maximum atomic E-state index is 13.2. The number of hydrogen-bond acceptors (Lipinski definition) is 6. The van der Waals surface area contributed by atoms with Crippen molar-refractivity contribution < 1.29 is 26.0 Å². The summed E-state index contributed by atoms with van der Waals surface area (Å²) in [5.41, 5.74) is 0. The number of rotatable bonds is 5. The Kier molecular flexibility index (Phi) is 6.19. The molecule has 0 radical (unpaired) electrons. The smallest absolute Gasteiger partial charge is 0.252 e. The van der Waals surface area contributed by atoms with E-state index in [1.165, 1.54) is 25.6 Å². The average molecular weight is 488 g/mol. The second kappa shape index (κ2) is 8.58. The fraction of sp³-hybridized carbons (Fsp3) is 0.421. The van der Waals surface area contributed by atoms with Crippen molar-refractivity contribution in [2.45, 2.75) is 28.0 Å². The third kappa shape index (κ3) is 4.27. The first-order valence-electron chi connectivity index (χ1n) is 9.81. The lowest BCUT2D eigenvalue weighted by Gasteiger charge is -2.36. The standard InChI is InChI=1S/C19H22FN3O5S3/c20-15-5-7-16(8-6-15)30(25,26)23-9-1-3-17(23)19(24)21-10-12-22(13-11-21)31(27,28)18-4-2-14-29-18/h2,4-8,14,17H,1,3,9-13H2. The molecular weight excluding hydrogens is 465 g/mol. The molecule has 1 atom stereocenters. The monoisotopic (exact) mass is 487 g/mol. The Morgan fingerprint density at radius 2 is 1.61 bits per heavy atom. The molecule has 3 heterocycles. The lowest BCUT2D eigenvalue weighted by Crippen LogP contribution is -2.55. The van der Waals surface area contributed by atoms with E-state index in [9.17, 15) is 26.0 Å². The zero-order valence-corrected chi connectivity index (χ0v) is 19.0. The molecule has 2 aliphatic heterocycles. The van der Waals surface area contributed by atoms with Crippen LogP contribution in [0.3, 0.4) is 0 Å². The predicted octanol–water partition coefficient (Wildman–Crippen LogP) is 1.57. The van der Waals surface area contributed by atoms with Crippen molar-refractivity contribution >= 4 is 37.3 Å². The maximum absolute atomic E-state index is 13.2. The summed E-state index contributed by atoms with van der Waals surface area (Å²) in [6.07, 6.45) is 0.941. The number of halogens is 1. The first-order chi connectivity index (χ1) is 14.7. The summed E-state index contributed by atoms with van der Waals surface area (Å²) in [4.78, 5) is 14.6. The minimum atomic E-state index is -3.94. The molecule has 168 valence electrons. The molecule has 0 aliphatic carbocycles. The van der Waals surface area contributed by atoms with Gasteiger partial charge in [-0.05, 0) is 48.6 Å². The quantitative estimate of drug-likeness (QED) is 0.638. The van der Waals surface area contributed by atoms with Gasteiger partial charge in [-0.25, -0.2) is 21.2 Å². The van der Waals surface area contributed by atoms with Gasteiger partial charge in [-0.2, -0.15) is 8.61 Å². The van der Waals surface area contributed by atoms with Gasteiger partial charge in [-0.15, -0.1) is 11.3 Å². The number of carbonyl (C=O) groups is 1. The van der Waals surface area contributed by atoms with Crippen LogP contribution in [0.2, 0.25) is 0 Å². The Morgan fingerprint density at radius 1 is 0.935 bits per heavy atom. The Bertz CT molecular complexity index is 1140. The molecule has 0 N–H and O–H groups in total. The van der Waals surface area contributed by atoms with Crippen LogP contribution in [0, 0.1) is 5.82 Å². The minimum absolute atomic E-state index is 0.0551. The highest BCUT2D eigenvalue weighted by molar-refractivity contribution is 7.91. The lowest BCUT2D eigenvalue weighted by molar-refractivity contribution is -0.135. The molecule has 0 bridgehead atoms. The van der Waals surface area contributed by atoms with E-state index < -0.39 is 31.9 Å². The van der Waals surface area contributed by atoms with Crippen LogP contribution in [0.15, 0.2) is 50.9 Å². The molecule has 2 fully saturated rings. The van der Waals surface area contributed by atoms with Crippen LogP contribution < -0.4 is 0 Å². The number of nitrogens with zero attached hydrogens (tertiary/aromatic N) is 3. The number of piperazine rings is 1. The Balaban J connectivity index is 1.45. The van der Waals surface area contributed by atoms with Gasteiger partial charge >= 0.3 is 0 Å². The Labute approximate surface area is 185 Å². The molecule has 1 aromatic heterocycles. The van der Waals surface area contributed by atoms with E-state index >= 15 is 0 Å². The molecule has 2 saturated heterocycles. The van der Waals surface area contributed by atoms with Crippen molar-refractivity contribution in [1.82, 2.24) is 13.5 Å². The van der Waals surface area contributed by atoms with Crippen molar-refractivity contribution in [2.75, 3.05) is 32.7 Å². The van der Waals surface area contributed by atoms with Gasteiger partial charge in [0, 0.05) is 32.7 Å². The van der Waals surface area contributed by atoms with Gasteiger partial charge in [0.15, 0.2) is 0 Å². The van der Waals surface area contributed by atoms with E-state index in [2.05, 4.69) is 0 Å². The van der Waals surface area contributed by atoms with Crippen LogP contribution in [0.25, 0.3) is 0 Å².